The summed E-state index contributed by atoms with van der Waals surface area (Å²) in [4.78, 5) is 16.2. The highest BCUT2D eigenvalue weighted by atomic mass is 32.1. The molecule has 112 valence electrons. The SMILES string of the molecule is CC(C)(C)c1csc(CNC(=O)NCC2(O)CCC2)n1. The second-order valence-corrected chi connectivity index (χ2v) is 7.43. The molecular formula is C14H23N3O2S. The summed E-state index contributed by atoms with van der Waals surface area (Å²) in [7, 11) is 0. The van der Waals surface area contributed by atoms with Gasteiger partial charge in [0.25, 0.3) is 0 Å². The second kappa shape index (κ2) is 5.69. The van der Waals surface area contributed by atoms with Crippen molar-refractivity contribution in [3.63, 3.8) is 0 Å². The van der Waals surface area contributed by atoms with Crippen LogP contribution in [0.2, 0.25) is 0 Å². The first-order valence-electron chi connectivity index (χ1n) is 6.97. The largest absolute Gasteiger partial charge is 0.388 e. The Kier molecular flexibility index (Phi) is 4.34. The van der Waals surface area contributed by atoms with Gasteiger partial charge in [-0.1, -0.05) is 20.8 Å². The molecule has 1 aromatic heterocycles. The molecule has 6 heteroatoms. The van der Waals surface area contributed by atoms with Gasteiger partial charge in [0, 0.05) is 17.3 Å². The van der Waals surface area contributed by atoms with Gasteiger partial charge >= 0.3 is 6.03 Å². The predicted molar refractivity (Wildman–Crippen MR) is 79.9 cm³/mol. The van der Waals surface area contributed by atoms with Crippen LogP contribution in [0, 0.1) is 0 Å². The summed E-state index contributed by atoms with van der Waals surface area (Å²) in [5.74, 6) is 0. The van der Waals surface area contributed by atoms with E-state index < -0.39 is 5.60 Å². The number of amides is 2. The molecule has 1 heterocycles. The van der Waals surface area contributed by atoms with Crippen molar-refractivity contribution in [1.82, 2.24) is 15.6 Å². The summed E-state index contributed by atoms with van der Waals surface area (Å²) in [6, 6.07) is -0.252. The van der Waals surface area contributed by atoms with E-state index in [9.17, 15) is 9.90 Å². The number of aliphatic hydroxyl groups is 1. The van der Waals surface area contributed by atoms with Crippen molar-refractivity contribution >= 4 is 17.4 Å². The minimum Gasteiger partial charge on any atom is -0.388 e. The molecule has 5 nitrogen and oxygen atoms in total. The molecule has 1 aliphatic carbocycles. The molecule has 2 amide bonds. The van der Waals surface area contributed by atoms with Gasteiger partial charge in [-0.25, -0.2) is 9.78 Å². The van der Waals surface area contributed by atoms with Gasteiger partial charge in [-0.3, -0.25) is 0 Å². The van der Waals surface area contributed by atoms with Crippen LogP contribution in [0.5, 0.6) is 0 Å². The maximum Gasteiger partial charge on any atom is 0.315 e. The molecular weight excluding hydrogens is 274 g/mol. The zero-order chi connectivity index (χ0) is 14.8. The minimum atomic E-state index is -0.683. The maximum atomic E-state index is 11.7. The normalized spacial score (nSPS) is 17.4. The molecule has 0 aromatic carbocycles. The standard InChI is InChI=1S/C14H23N3O2S/c1-13(2,3)10-8-20-11(17-10)7-15-12(18)16-9-14(19)5-4-6-14/h8,19H,4-7,9H2,1-3H3,(H2,15,16,18). The van der Waals surface area contributed by atoms with Gasteiger partial charge in [-0.05, 0) is 19.3 Å². The highest BCUT2D eigenvalue weighted by molar-refractivity contribution is 7.09. The Morgan fingerprint density at radius 1 is 1.45 bits per heavy atom. The fraction of sp³-hybridized carbons (Fsp3) is 0.714. The van der Waals surface area contributed by atoms with E-state index in [2.05, 4.69) is 36.4 Å². The van der Waals surface area contributed by atoms with Gasteiger partial charge < -0.3 is 15.7 Å². The number of nitrogens with zero attached hydrogens (tertiary/aromatic N) is 1. The third-order valence-electron chi connectivity index (χ3n) is 3.58. The number of rotatable bonds is 4. The predicted octanol–water partition coefficient (Wildman–Crippen LogP) is 2.15. The Balaban J connectivity index is 1.74. The lowest BCUT2D eigenvalue weighted by Gasteiger charge is -2.36. The Morgan fingerprint density at radius 3 is 2.65 bits per heavy atom. The van der Waals surface area contributed by atoms with Crippen LogP contribution in [-0.2, 0) is 12.0 Å². The minimum absolute atomic E-state index is 0.0322. The van der Waals surface area contributed by atoms with Crippen LogP contribution in [-0.4, -0.2) is 28.3 Å². The number of hydrogen-bond acceptors (Lipinski definition) is 4. The van der Waals surface area contributed by atoms with Crippen molar-refractivity contribution in [2.75, 3.05) is 6.54 Å². The van der Waals surface area contributed by atoms with Crippen molar-refractivity contribution in [3.05, 3.63) is 16.1 Å². The first-order chi connectivity index (χ1) is 9.28. The number of urea groups is 1. The molecule has 1 aliphatic rings. The molecule has 1 aromatic rings. The van der Waals surface area contributed by atoms with Crippen molar-refractivity contribution in [3.8, 4) is 0 Å². The average Bonchev–Trinajstić information content (AvgIpc) is 2.80. The summed E-state index contributed by atoms with van der Waals surface area (Å²) in [5.41, 5.74) is 0.395. The Labute approximate surface area is 123 Å². The summed E-state index contributed by atoms with van der Waals surface area (Å²) in [6.45, 7) is 7.09. The van der Waals surface area contributed by atoms with Gasteiger partial charge in [0.1, 0.15) is 5.01 Å². The van der Waals surface area contributed by atoms with E-state index in [-0.39, 0.29) is 11.4 Å². The molecule has 1 saturated carbocycles. The molecule has 0 saturated heterocycles. The first-order valence-corrected chi connectivity index (χ1v) is 7.85. The van der Waals surface area contributed by atoms with E-state index in [1.54, 1.807) is 11.3 Å². The quantitative estimate of drug-likeness (QED) is 0.797. The van der Waals surface area contributed by atoms with Gasteiger partial charge in [0.15, 0.2) is 0 Å². The van der Waals surface area contributed by atoms with Crippen LogP contribution in [0.4, 0.5) is 4.79 Å². The highest BCUT2D eigenvalue weighted by Crippen LogP contribution is 2.30. The van der Waals surface area contributed by atoms with Gasteiger partial charge in [-0.2, -0.15) is 0 Å². The van der Waals surface area contributed by atoms with Crippen molar-refractivity contribution in [2.45, 2.75) is 57.6 Å². The van der Waals surface area contributed by atoms with E-state index >= 15 is 0 Å². The molecule has 0 bridgehead atoms. The van der Waals surface area contributed by atoms with Crippen LogP contribution in [0.15, 0.2) is 5.38 Å². The first kappa shape index (κ1) is 15.3. The Hall–Kier alpha value is -1.14. The van der Waals surface area contributed by atoms with E-state index in [0.717, 1.165) is 30.0 Å². The number of thiazole rings is 1. The molecule has 2 rings (SSSR count). The highest BCUT2D eigenvalue weighted by Gasteiger charge is 2.34. The fourth-order valence-corrected chi connectivity index (χ4v) is 2.92. The Bertz CT molecular complexity index is 475. The zero-order valence-corrected chi connectivity index (χ0v) is 13.1. The summed E-state index contributed by atoms with van der Waals surface area (Å²) < 4.78 is 0. The Morgan fingerprint density at radius 2 is 2.15 bits per heavy atom. The summed E-state index contributed by atoms with van der Waals surface area (Å²) >= 11 is 1.55. The van der Waals surface area contributed by atoms with Crippen LogP contribution in [0.1, 0.15) is 50.7 Å². The summed E-state index contributed by atoms with van der Waals surface area (Å²) in [6.07, 6.45) is 2.58. The molecule has 20 heavy (non-hydrogen) atoms. The lowest BCUT2D eigenvalue weighted by molar-refractivity contribution is -0.0290. The van der Waals surface area contributed by atoms with Crippen LogP contribution in [0.3, 0.4) is 0 Å². The number of aromatic nitrogens is 1. The average molecular weight is 297 g/mol. The molecule has 0 radical (unpaired) electrons. The maximum absolute atomic E-state index is 11.7. The van der Waals surface area contributed by atoms with E-state index in [1.807, 2.05) is 5.38 Å². The molecule has 0 aliphatic heterocycles. The van der Waals surface area contributed by atoms with E-state index in [1.165, 1.54) is 0 Å². The second-order valence-electron chi connectivity index (χ2n) is 6.49. The number of carbonyl (C=O) groups excluding carboxylic acids is 1. The van der Waals surface area contributed by atoms with Crippen molar-refractivity contribution in [2.24, 2.45) is 0 Å². The van der Waals surface area contributed by atoms with Crippen LogP contribution >= 0.6 is 11.3 Å². The van der Waals surface area contributed by atoms with Gasteiger partial charge in [-0.15, -0.1) is 11.3 Å². The number of hydrogen-bond donors (Lipinski definition) is 3. The van der Waals surface area contributed by atoms with Gasteiger partial charge in [0.05, 0.1) is 17.8 Å². The van der Waals surface area contributed by atoms with Crippen molar-refractivity contribution in [1.29, 1.82) is 0 Å². The monoisotopic (exact) mass is 297 g/mol. The van der Waals surface area contributed by atoms with Gasteiger partial charge in [0.2, 0.25) is 0 Å². The van der Waals surface area contributed by atoms with Crippen LogP contribution < -0.4 is 10.6 Å². The smallest absolute Gasteiger partial charge is 0.315 e. The molecule has 3 N–H and O–H groups in total. The molecule has 0 spiro atoms. The lowest BCUT2D eigenvalue weighted by atomic mass is 9.80. The topological polar surface area (TPSA) is 74.2 Å². The van der Waals surface area contributed by atoms with Crippen LogP contribution in [0.25, 0.3) is 0 Å². The van der Waals surface area contributed by atoms with E-state index in [0.29, 0.717) is 13.1 Å². The summed E-state index contributed by atoms with van der Waals surface area (Å²) in [5, 5.41) is 18.3. The van der Waals surface area contributed by atoms with Crippen molar-refractivity contribution < 1.29 is 9.90 Å². The lowest BCUT2D eigenvalue weighted by Crippen LogP contribution is -2.49. The molecule has 1 fully saturated rings. The molecule has 0 atom stereocenters. The molecule has 0 unspecified atom stereocenters. The fourth-order valence-electron chi connectivity index (χ4n) is 1.96. The number of carbonyl (C=O) groups is 1. The zero-order valence-electron chi connectivity index (χ0n) is 12.3. The third kappa shape index (κ3) is 3.93. The van der Waals surface area contributed by atoms with E-state index in [4.69, 9.17) is 0 Å². The number of nitrogens with one attached hydrogen (secondary N) is 2. The third-order valence-corrected chi connectivity index (χ3v) is 4.43.